The molecule has 3 heterocycles. The summed E-state index contributed by atoms with van der Waals surface area (Å²) >= 11 is 6.40. The summed E-state index contributed by atoms with van der Waals surface area (Å²) in [5.41, 5.74) is 2.52. The zero-order valence-corrected chi connectivity index (χ0v) is 18.5. The number of nitrogens with zero attached hydrogens (tertiary/aromatic N) is 4. The highest BCUT2D eigenvalue weighted by Gasteiger charge is 2.19. The highest BCUT2D eigenvalue weighted by atomic mass is 35.5. The topological polar surface area (TPSA) is 99.4 Å². The molecule has 1 atom stereocenters. The van der Waals surface area contributed by atoms with Crippen molar-refractivity contribution in [3.05, 3.63) is 93.8 Å². The van der Waals surface area contributed by atoms with Crippen LogP contribution in [0.5, 0.6) is 0 Å². The third kappa shape index (κ3) is 3.60. The van der Waals surface area contributed by atoms with E-state index in [0.29, 0.717) is 39.4 Å². The molecule has 3 aromatic heterocycles. The van der Waals surface area contributed by atoms with Crippen LogP contribution in [0.25, 0.3) is 27.5 Å². The molecule has 0 radical (unpaired) electrons. The van der Waals surface area contributed by atoms with Gasteiger partial charge in [-0.25, -0.2) is 9.97 Å². The first-order chi connectivity index (χ1) is 16.1. The van der Waals surface area contributed by atoms with Crippen molar-refractivity contribution in [3.8, 4) is 11.8 Å². The van der Waals surface area contributed by atoms with E-state index in [9.17, 15) is 10.1 Å². The Kier molecular flexibility index (Phi) is 5.29. The fourth-order valence-electron chi connectivity index (χ4n) is 4.09. The van der Waals surface area contributed by atoms with E-state index < -0.39 is 0 Å². The molecule has 8 heteroatoms. The zero-order valence-electron chi connectivity index (χ0n) is 17.7. The summed E-state index contributed by atoms with van der Waals surface area (Å²) in [5, 5.41) is 15.1. The number of rotatable bonds is 5. The van der Waals surface area contributed by atoms with E-state index in [4.69, 9.17) is 11.6 Å². The van der Waals surface area contributed by atoms with Crippen molar-refractivity contribution in [1.29, 1.82) is 5.26 Å². The standard InChI is InChI=1S/C25H19ClN6O/c1-15(12-28-23-22-17(11-27)13-29-24(22)31-14-30-23)20-10-16-6-5-9-19(26)21(16)25(33)32(20)18-7-3-2-4-8-18/h2-10,13-15H,12H2,1H3,(H2,28,29,30,31)/t15-/m1/s1. The predicted molar refractivity (Wildman–Crippen MR) is 130 cm³/mol. The third-order valence-corrected chi connectivity index (χ3v) is 6.02. The van der Waals surface area contributed by atoms with Gasteiger partial charge in [0, 0.05) is 30.0 Å². The Labute approximate surface area is 194 Å². The van der Waals surface area contributed by atoms with Crippen LogP contribution in [0.4, 0.5) is 5.82 Å². The quantitative estimate of drug-likeness (QED) is 0.389. The smallest absolute Gasteiger partial charge is 0.264 e. The summed E-state index contributed by atoms with van der Waals surface area (Å²) < 4.78 is 1.72. The van der Waals surface area contributed by atoms with Gasteiger partial charge in [-0.1, -0.05) is 48.9 Å². The van der Waals surface area contributed by atoms with Gasteiger partial charge in [0.15, 0.2) is 0 Å². The largest absolute Gasteiger partial charge is 0.369 e. The van der Waals surface area contributed by atoms with Crippen LogP contribution in [0.1, 0.15) is 24.1 Å². The minimum absolute atomic E-state index is 0.0734. The van der Waals surface area contributed by atoms with Crippen LogP contribution >= 0.6 is 11.6 Å². The Morgan fingerprint density at radius 2 is 1.97 bits per heavy atom. The number of para-hydroxylation sites is 1. The van der Waals surface area contributed by atoms with Gasteiger partial charge in [0.25, 0.3) is 5.56 Å². The number of nitriles is 1. The summed E-state index contributed by atoms with van der Waals surface area (Å²) in [6.07, 6.45) is 3.07. The first kappa shape index (κ1) is 20.7. The number of pyridine rings is 1. The molecule has 0 saturated heterocycles. The fourth-order valence-corrected chi connectivity index (χ4v) is 4.35. The molecule has 0 saturated carbocycles. The van der Waals surface area contributed by atoms with Crippen molar-refractivity contribution in [3.63, 3.8) is 0 Å². The van der Waals surface area contributed by atoms with Crippen molar-refractivity contribution < 1.29 is 0 Å². The van der Waals surface area contributed by atoms with Gasteiger partial charge in [-0.3, -0.25) is 9.36 Å². The monoisotopic (exact) mass is 454 g/mol. The zero-order chi connectivity index (χ0) is 22.9. The van der Waals surface area contributed by atoms with E-state index in [-0.39, 0.29) is 11.5 Å². The lowest BCUT2D eigenvalue weighted by atomic mass is 10.0. The van der Waals surface area contributed by atoms with E-state index in [2.05, 4.69) is 26.3 Å². The molecular formula is C25H19ClN6O. The maximum Gasteiger partial charge on any atom is 0.264 e. The number of aromatic nitrogens is 4. The summed E-state index contributed by atoms with van der Waals surface area (Å²) in [4.78, 5) is 25.1. The van der Waals surface area contributed by atoms with Gasteiger partial charge >= 0.3 is 0 Å². The molecule has 5 aromatic rings. The van der Waals surface area contributed by atoms with E-state index in [1.807, 2.05) is 55.5 Å². The number of hydrogen-bond acceptors (Lipinski definition) is 5. The highest BCUT2D eigenvalue weighted by Crippen LogP contribution is 2.28. The first-order valence-electron chi connectivity index (χ1n) is 10.4. The number of aromatic amines is 1. The molecule has 0 aliphatic rings. The number of fused-ring (bicyclic) bond motifs is 2. The van der Waals surface area contributed by atoms with E-state index in [0.717, 1.165) is 16.8 Å². The van der Waals surface area contributed by atoms with Gasteiger partial charge in [0.2, 0.25) is 0 Å². The Morgan fingerprint density at radius 3 is 2.76 bits per heavy atom. The molecule has 0 aliphatic heterocycles. The molecule has 0 amide bonds. The molecule has 7 nitrogen and oxygen atoms in total. The van der Waals surface area contributed by atoms with Gasteiger partial charge in [-0.15, -0.1) is 0 Å². The van der Waals surface area contributed by atoms with E-state index in [1.165, 1.54) is 6.33 Å². The number of H-pyrrole nitrogens is 1. The van der Waals surface area contributed by atoms with Gasteiger partial charge in [0.05, 0.1) is 21.4 Å². The first-order valence-corrected chi connectivity index (χ1v) is 10.8. The number of benzene rings is 2. The number of hydrogen-bond donors (Lipinski definition) is 2. The lowest BCUT2D eigenvalue weighted by Crippen LogP contribution is -2.25. The van der Waals surface area contributed by atoms with Gasteiger partial charge < -0.3 is 10.3 Å². The average Bonchev–Trinajstić information content (AvgIpc) is 3.27. The molecule has 162 valence electrons. The van der Waals surface area contributed by atoms with Crippen LogP contribution in [0.15, 0.2) is 71.9 Å². The minimum Gasteiger partial charge on any atom is -0.369 e. The third-order valence-electron chi connectivity index (χ3n) is 5.71. The van der Waals surface area contributed by atoms with Crippen LogP contribution in [-0.2, 0) is 0 Å². The molecule has 2 aromatic carbocycles. The highest BCUT2D eigenvalue weighted by molar-refractivity contribution is 6.35. The fraction of sp³-hybridized carbons (Fsp3) is 0.120. The van der Waals surface area contributed by atoms with Crippen LogP contribution in [0, 0.1) is 11.3 Å². The van der Waals surface area contributed by atoms with Crippen LogP contribution in [0.2, 0.25) is 5.02 Å². The predicted octanol–water partition coefficient (Wildman–Crippen LogP) is 5.00. The molecule has 0 fully saturated rings. The Hall–Kier alpha value is -4.15. The summed E-state index contributed by atoms with van der Waals surface area (Å²) in [5.74, 6) is 0.498. The van der Waals surface area contributed by atoms with Gasteiger partial charge in [-0.05, 0) is 29.7 Å². The van der Waals surface area contributed by atoms with Crippen molar-refractivity contribution >= 4 is 39.2 Å². The molecule has 33 heavy (non-hydrogen) atoms. The number of anilines is 1. The Bertz CT molecular complexity index is 1580. The second kappa shape index (κ2) is 8.41. The van der Waals surface area contributed by atoms with Crippen LogP contribution in [0.3, 0.4) is 0 Å². The lowest BCUT2D eigenvalue weighted by Gasteiger charge is -2.21. The Balaban J connectivity index is 1.59. The van der Waals surface area contributed by atoms with E-state index >= 15 is 0 Å². The SMILES string of the molecule is C[C@H](CNc1ncnc2[nH]cc(C#N)c12)c1cc2cccc(Cl)c2c(=O)n1-c1ccccc1. The molecular weight excluding hydrogens is 436 g/mol. The molecule has 0 aliphatic carbocycles. The summed E-state index contributed by atoms with van der Waals surface area (Å²) in [6.45, 7) is 2.53. The van der Waals surface area contributed by atoms with E-state index in [1.54, 1.807) is 16.8 Å². The van der Waals surface area contributed by atoms with Crippen molar-refractivity contribution in [2.24, 2.45) is 0 Å². The summed E-state index contributed by atoms with van der Waals surface area (Å²) in [6, 6.07) is 19.2. The number of halogens is 1. The number of nitrogens with one attached hydrogen (secondary N) is 2. The normalized spacial score (nSPS) is 12.0. The molecule has 0 unspecified atom stereocenters. The maximum atomic E-state index is 13.6. The van der Waals surface area contributed by atoms with Crippen LogP contribution < -0.4 is 10.9 Å². The average molecular weight is 455 g/mol. The van der Waals surface area contributed by atoms with Gasteiger partial charge in [-0.2, -0.15) is 5.26 Å². The minimum atomic E-state index is -0.159. The second-order valence-corrected chi connectivity index (χ2v) is 8.20. The molecule has 0 bridgehead atoms. The van der Waals surface area contributed by atoms with Crippen molar-refractivity contribution in [2.75, 3.05) is 11.9 Å². The van der Waals surface area contributed by atoms with Gasteiger partial charge in [0.1, 0.15) is 23.9 Å². The molecule has 5 rings (SSSR count). The van der Waals surface area contributed by atoms with Crippen molar-refractivity contribution in [1.82, 2.24) is 19.5 Å². The second-order valence-electron chi connectivity index (χ2n) is 7.79. The summed E-state index contributed by atoms with van der Waals surface area (Å²) in [7, 11) is 0. The molecule has 2 N–H and O–H groups in total. The van der Waals surface area contributed by atoms with Crippen molar-refractivity contribution in [2.45, 2.75) is 12.8 Å². The lowest BCUT2D eigenvalue weighted by molar-refractivity contribution is 0.728. The molecule has 0 spiro atoms. The maximum absolute atomic E-state index is 13.6. The van der Waals surface area contributed by atoms with Crippen LogP contribution in [-0.4, -0.2) is 26.1 Å². The Morgan fingerprint density at radius 1 is 1.15 bits per heavy atom.